The van der Waals surface area contributed by atoms with Crippen LogP contribution in [0.1, 0.15) is 40.9 Å². The van der Waals surface area contributed by atoms with Crippen molar-refractivity contribution >= 4 is 29.0 Å². The lowest BCUT2D eigenvalue weighted by Crippen LogP contribution is -2.39. The molecule has 5 rings (SSSR count). The van der Waals surface area contributed by atoms with Gasteiger partial charge in [-0.15, -0.1) is 0 Å². The maximum Gasteiger partial charge on any atom is 0.417 e. The Morgan fingerprint density at radius 2 is 1.76 bits per heavy atom. The minimum atomic E-state index is -4.76. The van der Waals surface area contributed by atoms with E-state index in [-0.39, 0.29) is 11.7 Å². The van der Waals surface area contributed by atoms with E-state index in [9.17, 15) is 27.7 Å². The molecular formula is C28H22F3N4O3+. The number of hydrogen-bond donors (Lipinski definition) is 1. The summed E-state index contributed by atoms with van der Waals surface area (Å²) in [6.45, 7) is 5.25. The highest BCUT2D eigenvalue weighted by molar-refractivity contribution is 6.28. The minimum Gasteiger partial charge on any atom is -0.322 e. The van der Waals surface area contributed by atoms with E-state index in [0.717, 1.165) is 11.6 Å². The van der Waals surface area contributed by atoms with E-state index in [0.29, 0.717) is 32.9 Å². The second-order valence-corrected chi connectivity index (χ2v) is 9.62. The van der Waals surface area contributed by atoms with Crippen molar-refractivity contribution in [1.29, 1.82) is 0 Å². The van der Waals surface area contributed by atoms with Gasteiger partial charge < -0.3 is 5.32 Å². The molecule has 192 valence electrons. The summed E-state index contributed by atoms with van der Waals surface area (Å²) in [5.74, 6) is -1.11. The first kappa shape index (κ1) is 25.1. The van der Waals surface area contributed by atoms with Crippen LogP contribution in [0.15, 0.2) is 78.0 Å². The first-order valence-electron chi connectivity index (χ1n) is 11.7. The Hall–Kier alpha value is -4.60. The second-order valence-electron chi connectivity index (χ2n) is 9.62. The monoisotopic (exact) mass is 519 g/mol. The fourth-order valence-electron chi connectivity index (χ4n) is 4.75. The van der Waals surface area contributed by atoms with Gasteiger partial charge >= 0.3 is 6.18 Å². The van der Waals surface area contributed by atoms with Crippen molar-refractivity contribution in [3.63, 3.8) is 0 Å². The summed E-state index contributed by atoms with van der Waals surface area (Å²) >= 11 is 0. The van der Waals surface area contributed by atoms with Crippen LogP contribution in [0.4, 0.5) is 24.5 Å². The van der Waals surface area contributed by atoms with E-state index >= 15 is 0 Å². The number of alkyl halides is 3. The van der Waals surface area contributed by atoms with Crippen molar-refractivity contribution in [1.82, 2.24) is 0 Å². The van der Waals surface area contributed by atoms with Crippen LogP contribution in [0.2, 0.25) is 0 Å². The highest BCUT2D eigenvalue weighted by Crippen LogP contribution is 2.47. The van der Waals surface area contributed by atoms with Crippen molar-refractivity contribution in [2.24, 2.45) is 5.10 Å². The smallest absolute Gasteiger partial charge is 0.322 e. The van der Waals surface area contributed by atoms with Gasteiger partial charge in [0.1, 0.15) is 0 Å². The molecule has 0 saturated heterocycles. The molecule has 38 heavy (non-hydrogen) atoms. The van der Waals surface area contributed by atoms with Crippen LogP contribution in [0.25, 0.3) is 11.1 Å². The van der Waals surface area contributed by atoms with E-state index in [2.05, 4.69) is 10.4 Å². The van der Waals surface area contributed by atoms with Crippen LogP contribution in [0, 0.1) is 11.8 Å². The Morgan fingerprint density at radius 1 is 1.05 bits per heavy atom. The Morgan fingerprint density at radius 3 is 2.39 bits per heavy atom. The number of benzene rings is 3. The summed E-state index contributed by atoms with van der Waals surface area (Å²) in [7, 11) is 0. The van der Waals surface area contributed by atoms with Gasteiger partial charge in [0.25, 0.3) is 12.1 Å². The normalized spacial score (nSPS) is 16.1. The minimum absolute atomic E-state index is 0.138. The van der Waals surface area contributed by atoms with Gasteiger partial charge in [-0.05, 0) is 67.8 Å². The summed E-state index contributed by atoms with van der Waals surface area (Å²) in [4.78, 5) is 39.8. The molecule has 1 N–H and O–H groups in total. The fourth-order valence-corrected chi connectivity index (χ4v) is 4.75. The predicted octanol–water partition coefficient (Wildman–Crippen LogP) is 6.18. The Balaban J connectivity index is 1.64. The number of carbonyl (C=O) groups excluding carboxylic acids is 2. The molecule has 0 atom stereocenters. The molecule has 3 aromatic rings. The van der Waals surface area contributed by atoms with E-state index in [1.54, 1.807) is 56.3 Å². The number of rotatable bonds is 3. The lowest BCUT2D eigenvalue weighted by atomic mass is 9.81. The number of hydrazone groups is 1. The lowest BCUT2D eigenvalue weighted by molar-refractivity contribution is -0.480. The van der Waals surface area contributed by atoms with Crippen LogP contribution in [-0.2, 0) is 16.4 Å². The van der Waals surface area contributed by atoms with Crippen LogP contribution >= 0.6 is 0 Å². The molecule has 2 aliphatic rings. The Kier molecular flexibility index (Phi) is 5.78. The zero-order valence-electron chi connectivity index (χ0n) is 20.6. The molecule has 10 heteroatoms. The topological polar surface area (TPSA) is 81.8 Å². The number of fused-ring (bicyclic) bond motifs is 1. The van der Waals surface area contributed by atoms with E-state index in [1.807, 2.05) is 6.92 Å². The number of amides is 2. The summed E-state index contributed by atoms with van der Waals surface area (Å²) in [5.41, 5.74) is 0.424. The third-order valence-electron chi connectivity index (χ3n) is 6.62. The summed E-state index contributed by atoms with van der Waals surface area (Å²) in [6, 6.07) is 15.1. The van der Waals surface area contributed by atoms with Gasteiger partial charge in [0.15, 0.2) is 4.87 Å². The average Bonchev–Trinajstić information content (AvgIpc) is 3.37. The molecule has 0 spiro atoms. The number of amidine groups is 1. The number of carbonyl (C=O) groups is 2. The molecule has 2 heterocycles. The molecule has 7 nitrogen and oxygen atoms in total. The average molecular weight is 520 g/mol. The van der Waals surface area contributed by atoms with Crippen molar-refractivity contribution in [3.05, 3.63) is 100 Å². The van der Waals surface area contributed by atoms with Gasteiger partial charge in [-0.1, -0.05) is 35.9 Å². The molecule has 2 aliphatic heterocycles. The highest BCUT2D eigenvalue weighted by Gasteiger charge is 2.48. The van der Waals surface area contributed by atoms with Gasteiger partial charge in [-0.3, -0.25) is 14.5 Å². The number of nitroso groups, excluding NO2 is 1. The van der Waals surface area contributed by atoms with Crippen molar-refractivity contribution in [2.75, 3.05) is 10.2 Å². The van der Waals surface area contributed by atoms with Crippen molar-refractivity contribution in [2.45, 2.75) is 32.4 Å². The third-order valence-corrected chi connectivity index (χ3v) is 6.62. The second kappa shape index (κ2) is 8.76. The Bertz CT molecular complexity index is 1570. The molecule has 2 amide bonds. The zero-order valence-corrected chi connectivity index (χ0v) is 20.6. The standard InChI is InChI=1S/C28H21F3N4O3/c1-16-7-10-18(11-8-16)32-25(36)20-15-17(9-12-21(20)28(29,30)31)19-5-4-6-22-24(19)27(2,3)26(37)35(22)23-13-14-34(38)33-23/h4-15H,1-3H3/p+1. The SMILES string of the molecule is Cc1ccc(NC(=O)c2cc(-c3cccc4c3C(C)(C)C(=O)N4C3=N[N+](=O)C=C3)ccc2C(F)(F)F)cc1. The van der Waals surface area contributed by atoms with E-state index in [1.165, 1.54) is 29.3 Å². The van der Waals surface area contributed by atoms with Gasteiger partial charge in [0.2, 0.25) is 11.7 Å². The molecule has 0 aliphatic carbocycles. The highest BCUT2D eigenvalue weighted by atomic mass is 19.4. The Labute approximate surface area is 215 Å². The number of aryl methyl sites for hydroxylation is 1. The van der Waals surface area contributed by atoms with Crippen molar-refractivity contribution in [3.8, 4) is 11.1 Å². The number of nitrogens with one attached hydrogen (secondary N) is 1. The number of hydrogen-bond acceptors (Lipinski definition) is 3. The number of nitrogens with zero attached hydrogens (tertiary/aromatic N) is 3. The number of anilines is 2. The summed E-state index contributed by atoms with van der Waals surface area (Å²) in [6.07, 6.45) is -2.18. The molecule has 0 fully saturated rings. The van der Waals surface area contributed by atoms with E-state index < -0.39 is 28.6 Å². The van der Waals surface area contributed by atoms with Crippen molar-refractivity contribution < 1.29 is 27.6 Å². The molecular weight excluding hydrogens is 497 g/mol. The molecule has 3 aromatic carbocycles. The first-order valence-corrected chi connectivity index (χ1v) is 11.7. The maximum atomic E-state index is 13.9. The third kappa shape index (κ3) is 4.17. The summed E-state index contributed by atoms with van der Waals surface area (Å²) in [5, 5.41) is 6.36. The molecule has 0 radical (unpaired) electrons. The quantitative estimate of drug-likeness (QED) is 0.420. The maximum absolute atomic E-state index is 13.9. The van der Waals surface area contributed by atoms with Crippen LogP contribution in [0.3, 0.4) is 0 Å². The van der Waals surface area contributed by atoms with E-state index in [4.69, 9.17) is 0 Å². The van der Waals surface area contributed by atoms with Crippen LogP contribution in [-0.4, -0.2) is 22.5 Å². The molecule has 0 bridgehead atoms. The van der Waals surface area contributed by atoms with Gasteiger partial charge in [0, 0.05) is 5.69 Å². The fraction of sp³-hybridized carbons (Fsp3) is 0.179. The van der Waals surface area contributed by atoms with Gasteiger partial charge in [-0.25, -0.2) is 0 Å². The lowest BCUT2D eigenvalue weighted by Gasteiger charge is -2.20. The van der Waals surface area contributed by atoms with Crippen LogP contribution in [0.5, 0.6) is 0 Å². The van der Waals surface area contributed by atoms with Crippen LogP contribution < -0.4 is 10.2 Å². The summed E-state index contributed by atoms with van der Waals surface area (Å²) < 4.78 is 41.7. The first-order chi connectivity index (χ1) is 17.9. The predicted molar refractivity (Wildman–Crippen MR) is 137 cm³/mol. The number of halogens is 3. The van der Waals surface area contributed by atoms with Gasteiger partial charge in [0.05, 0.1) is 38.3 Å². The van der Waals surface area contributed by atoms with Gasteiger partial charge in [-0.2, -0.15) is 13.2 Å². The molecule has 0 aromatic heterocycles. The largest absolute Gasteiger partial charge is 0.417 e. The molecule has 0 unspecified atom stereocenters. The molecule has 0 saturated carbocycles. The zero-order chi connectivity index (χ0) is 27.4.